The van der Waals surface area contributed by atoms with Crippen molar-refractivity contribution < 1.29 is 4.79 Å². The first kappa shape index (κ1) is 17.8. The van der Waals surface area contributed by atoms with Crippen LogP contribution in [-0.4, -0.2) is 46.5 Å². The van der Waals surface area contributed by atoms with Crippen molar-refractivity contribution in [3.8, 4) is 0 Å². The molecule has 0 saturated carbocycles. The minimum atomic E-state index is 0. The Balaban J connectivity index is 0.00000192. The van der Waals surface area contributed by atoms with Crippen LogP contribution in [0, 0.1) is 0 Å². The second-order valence-electron chi connectivity index (χ2n) is 5.92. The molecule has 1 aliphatic heterocycles. The van der Waals surface area contributed by atoms with E-state index >= 15 is 0 Å². The average Bonchev–Trinajstić information content (AvgIpc) is 2.93. The van der Waals surface area contributed by atoms with Crippen molar-refractivity contribution in [1.82, 2.24) is 19.8 Å². The standard InChI is InChI=1S/C17H24N4O.ClH/c1-3-16-19-14-8-4-5-9-15(14)21(16)12-17(22)20-10-6-7-13(11-20)18-2;/h4-5,8-9,13,18H,3,6-7,10-12H2,1-2H3;1H. The molecular formula is C17H25ClN4O. The van der Waals surface area contributed by atoms with Gasteiger partial charge in [0, 0.05) is 25.6 Å². The number of nitrogens with one attached hydrogen (secondary N) is 1. The number of imidazole rings is 1. The van der Waals surface area contributed by atoms with Crippen molar-refractivity contribution in [2.24, 2.45) is 0 Å². The van der Waals surface area contributed by atoms with Gasteiger partial charge in [-0.05, 0) is 32.0 Å². The molecule has 23 heavy (non-hydrogen) atoms. The molecule has 1 N–H and O–H groups in total. The van der Waals surface area contributed by atoms with Gasteiger partial charge in [-0.3, -0.25) is 4.79 Å². The number of amides is 1. The zero-order valence-corrected chi connectivity index (χ0v) is 14.6. The van der Waals surface area contributed by atoms with E-state index in [0.717, 1.165) is 49.2 Å². The lowest BCUT2D eigenvalue weighted by molar-refractivity contribution is -0.133. The molecule has 0 radical (unpaired) electrons. The normalized spacial score (nSPS) is 18.0. The number of para-hydroxylation sites is 2. The molecule has 2 heterocycles. The molecule has 5 nitrogen and oxygen atoms in total. The number of halogens is 1. The highest BCUT2D eigenvalue weighted by atomic mass is 35.5. The molecule has 1 amide bonds. The molecule has 1 aromatic carbocycles. The molecule has 1 atom stereocenters. The second-order valence-corrected chi connectivity index (χ2v) is 5.92. The summed E-state index contributed by atoms with van der Waals surface area (Å²) in [5.41, 5.74) is 2.02. The summed E-state index contributed by atoms with van der Waals surface area (Å²) >= 11 is 0. The average molecular weight is 337 g/mol. The van der Waals surface area contributed by atoms with Crippen LogP contribution in [0.1, 0.15) is 25.6 Å². The summed E-state index contributed by atoms with van der Waals surface area (Å²) < 4.78 is 2.07. The fourth-order valence-corrected chi connectivity index (χ4v) is 3.25. The van der Waals surface area contributed by atoms with Gasteiger partial charge in [-0.2, -0.15) is 0 Å². The highest BCUT2D eigenvalue weighted by Crippen LogP contribution is 2.18. The fourth-order valence-electron chi connectivity index (χ4n) is 3.25. The lowest BCUT2D eigenvalue weighted by atomic mass is 10.1. The minimum absolute atomic E-state index is 0. The summed E-state index contributed by atoms with van der Waals surface area (Å²) in [4.78, 5) is 19.3. The molecular weight excluding hydrogens is 312 g/mol. The number of piperidine rings is 1. The van der Waals surface area contributed by atoms with E-state index in [1.54, 1.807) is 0 Å². The number of aromatic nitrogens is 2. The summed E-state index contributed by atoms with van der Waals surface area (Å²) in [6, 6.07) is 8.46. The van der Waals surface area contributed by atoms with E-state index in [0.29, 0.717) is 12.6 Å². The van der Waals surface area contributed by atoms with E-state index in [1.807, 2.05) is 36.2 Å². The van der Waals surface area contributed by atoms with E-state index in [2.05, 4.69) is 21.8 Å². The van der Waals surface area contributed by atoms with Gasteiger partial charge in [0.15, 0.2) is 0 Å². The number of benzene rings is 1. The van der Waals surface area contributed by atoms with Gasteiger partial charge < -0.3 is 14.8 Å². The molecule has 0 aliphatic carbocycles. The first-order valence-electron chi connectivity index (χ1n) is 8.12. The number of nitrogens with zero attached hydrogens (tertiary/aromatic N) is 3. The van der Waals surface area contributed by atoms with E-state index in [1.165, 1.54) is 0 Å². The third-order valence-electron chi connectivity index (χ3n) is 4.53. The predicted molar refractivity (Wildman–Crippen MR) is 95.0 cm³/mol. The maximum atomic E-state index is 12.7. The number of aryl methyl sites for hydroxylation is 1. The third kappa shape index (κ3) is 3.67. The van der Waals surface area contributed by atoms with Crippen LogP contribution in [0.4, 0.5) is 0 Å². The summed E-state index contributed by atoms with van der Waals surface area (Å²) in [5, 5.41) is 3.29. The number of carbonyl (C=O) groups excluding carboxylic acids is 1. The van der Waals surface area contributed by atoms with E-state index < -0.39 is 0 Å². The van der Waals surface area contributed by atoms with E-state index in [9.17, 15) is 4.79 Å². The van der Waals surface area contributed by atoms with Gasteiger partial charge in [0.25, 0.3) is 0 Å². The molecule has 0 bridgehead atoms. The Hall–Kier alpha value is -1.59. The van der Waals surface area contributed by atoms with Crippen molar-refractivity contribution in [1.29, 1.82) is 0 Å². The summed E-state index contributed by atoms with van der Waals surface area (Å²) in [5.74, 6) is 1.18. The van der Waals surface area contributed by atoms with Crippen LogP contribution in [0.5, 0.6) is 0 Å². The molecule has 3 rings (SSSR count). The monoisotopic (exact) mass is 336 g/mol. The fraction of sp³-hybridized carbons (Fsp3) is 0.529. The van der Waals surface area contributed by atoms with Crippen molar-refractivity contribution in [2.75, 3.05) is 20.1 Å². The van der Waals surface area contributed by atoms with Gasteiger partial charge in [0.1, 0.15) is 12.4 Å². The Morgan fingerprint density at radius 3 is 2.91 bits per heavy atom. The van der Waals surface area contributed by atoms with Crippen LogP contribution in [-0.2, 0) is 17.8 Å². The largest absolute Gasteiger partial charge is 0.340 e. The topological polar surface area (TPSA) is 50.2 Å². The Kier molecular flexibility index (Phi) is 6.02. The Morgan fingerprint density at radius 1 is 1.39 bits per heavy atom. The number of rotatable bonds is 4. The molecule has 1 aliphatic rings. The summed E-state index contributed by atoms with van der Waals surface area (Å²) in [6.45, 7) is 4.15. The lowest BCUT2D eigenvalue weighted by Crippen LogP contribution is -2.47. The zero-order chi connectivity index (χ0) is 15.5. The third-order valence-corrected chi connectivity index (χ3v) is 4.53. The SMILES string of the molecule is CCc1nc2ccccc2n1CC(=O)N1CCCC(NC)C1.Cl. The first-order chi connectivity index (χ1) is 10.7. The second kappa shape index (κ2) is 7.79. The van der Waals surface area contributed by atoms with Gasteiger partial charge in [0.05, 0.1) is 11.0 Å². The number of hydrogen-bond acceptors (Lipinski definition) is 3. The zero-order valence-electron chi connectivity index (χ0n) is 13.8. The van der Waals surface area contributed by atoms with Gasteiger partial charge >= 0.3 is 0 Å². The summed E-state index contributed by atoms with van der Waals surface area (Å²) in [6.07, 6.45) is 3.05. The molecule has 1 unspecified atom stereocenters. The number of hydrogen-bond donors (Lipinski definition) is 1. The lowest BCUT2D eigenvalue weighted by Gasteiger charge is -2.32. The summed E-state index contributed by atoms with van der Waals surface area (Å²) in [7, 11) is 1.97. The molecule has 1 aromatic heterocycles. The molecule has 0 spiro atoms. The van der Waals surface area contributed by atoms with Gasteiger partial charge in [-0.1, -0.05) is 19.1 Å². The van der Waals surface area contributed by atoms with Crippen LogP contribution < -0.4 is 5.32 Å². The van der Waals surface area contributed by atoms with Gasteiger partial charge in [-0.25, -0.2) is 4.98 Å². The maximum absolute atomic E-state index is 12.7. The number of carbonyl (C=O) groups is 1. The van der Waals surface area contributed by atoms with Crippen LogP contribution in [0.2, 0.25) is 0 Å². The quantitative estimate of drug-likeness (QED) is 0.931. The van der Waals surface area contributed by atoms with E-state index in [4.69, 9.17) is 0 Å². The maximum Gasteiger partial charge on any atom is 0.242 e. The predicted octanol–water partition coefficient (Wildman–Crippen LogP) is 2.23. The van der Waals surface area contributed by atoms with Crippen LogP contribution in [0.3, 0.4) is 0 Å². The highest BCUT2D eigenvalue weighted by Gasteiger charge is 2.23. The Bertz CT molecular complexity index is 670. The molecule has 1 saturated heterocycles. The van der Waals surface area contributed by atoms with Crippen LogP contribution in [0.15, 0.2) is 24.3 Å². The van der Waals surface area contributed by atoms with E-state index in [-0.39, 0.29) is 18.3 Å². The van der Waals surface area contributed by atoms with Gasteiger partial charge in [0.2, 0.25) is 5.91 Å². The molecule has 2 aromatic rings. The highest BCUT2D eigenvalue weighted by molar-refractivity contribution is 5.85. The number of fused-ring (bicyclic) bond motifs is 1. The van der Waals surface area contributed by atoms with Crippen LogP contribution >= 0.6 is 12.4 Å². The van der Waals surface area contributed by atoms with Gasteiger partial charge in [-0.15, -0.1) is 12.4 Å². The molecule has 1 fully saturated rings. The number of likely N-dealkylation sites (N-methyl/N-ethyl adjacent to an activating group) is 1. The first-order valence-corrected chi connectivity index (χ1v) is 8.12. The Morgan fingerprint density at radius 2 is 2.17 bits per heavy atom. The minimum Gasteiger partial charge on any atom is -0.340 e. The molecule has 6 heteroatoms. The van der Waals surface area contributed by atoms with Crippen molar-refractivity contribution >= 4 is 29.3 Å². The number of likely N-dealkylation sites (tertiary alicyclic amines) is 1. The molecule has 126 valence electrons. The van der Waals surface area contributed by atoms with Crippen LogP contribution in [0.25, 0.3) is 11.0 Å². The smallest absolute Gasteiger partial charge is 0.242 e. The van der Waals surface area contributed by atoms with Crippen molar-refractivity contribution in [2.45, 2.75) is 38.8 Å². The Labute approximate surface area is 143 Å². The van der Waals surface area contributed by atoms with Crippen molar-refractivity contribution in [3.05, 3.63) is 30.1 Å². The van der Waals surface area contributed by atoms with Crippen molar-refractivity contribution in [3.63, 3.8) is 0 Å².